The zero-order valence-corrected chi connectivity index (χ0v) is 19.9. The number of hydrogen-bond donors (Lipinski definition) is 1. The Kier molecular flexibility index (Phi) is 7.84. The molecule has 5 nitrogen and oxygen atoms in total. The van der Waals surface area contributed by atoms with Crippen LogP contribution < -0.4 is 0 Å². The van der Waals surface area contributed by atoms with Gasteiger partial charge in [-0.15, -0.1) is 0 Å². The van der Waals surface area contributed by atoms with Crippen LogP contribution in [-0.4, -0.2) is 26.6 Å². The van der Waals surface area contributed by atoms with Crippen LogP contribution in [0.4, 0.5) is 4.79 Å². The summed E-state index contributed by atoms with van der Waals surface area (Å²) >= 11 is 0. The number of aryl methyl sites for hydroxylation is 2. The standard InChI is InChI=1S/C26H35N3O2/c1-8-22-20(13-14-27)24(19-11-9-18(4)10-12-19)21(23(28-22)15-17(2)3)16-29(25(30)31)26(5,6)7/h9-12,17H,8,13,15-16H2,1-7H3,(H,30,31). The number of carbonyl (C=O) groups is 1. The minimum absolute atomic E-state index is 0.236. The van der Waals surface area contributed by atoms with Crippen LogP contribution in [-0.2, 0) is 25.8 Å². The van der Waals surface area contributed by atoms with Crippen LogP contribution in [0, 0.1) is 24.2 Å². The van der Waals surface area contributed by atoms with Gasteiger partial charge >= 0.3 is 6.09 Å². The SMILES string of the molecule is CCc1nc(CC(C)C)c(CN(C(=O)O)C(C)(C)C)c(-c2ccc(C)cc2)c1CC#N. The summed E-state index contributed by atoms with van der Waals surface area (Å²) in [6.45, 7) is 14.3. The lowest BCUT2D eigenvalue weighted by molar-refractivity contribution is 0.0954. The van der Waals surface area contributed by atoms with Crippen LogP contribution in [0.3, 0.4) is 0 Å². The normalized spacial score (nSPS) is 11.5. The molecule has 0 atom stereocenters. The largest absolute Gasteiger partial charge is 0.465 e. The molecule has 0 bridgehead atoms. The Morgan fingerprint density at radius 2 is 1.77 bits per heavy atom. The number of aromatic nitrogens is 1. The van der Waals surface area contributed by atoms with Crippen molar-refractivity contribution in [1.82, 2.24) is 9.88 Å². The first-order chi connectivity index (χ1) is 14.5. The Balaban J connectivity index is 2.90. The van der Waals surface area contributed by atoms with Crippen LogP contribution in [0.1, 0.15) is 69.6 Å². The number of amides is 1. The second-order valence-electron chi connectivity index (χ2n) is 9.53. The fraction of sp³-hybridized carbons (Fsp3) is 0.500. The highest BCUT2D eigenvalue weighted by Crippen LogP contribution is 2.35. The predicted octanol–water partition coefficient (Wildman–Crippen LogP) is 6.16. The Hall–Kier alpha value is -2.87. The molecule has 0 aliphatic carbocycles. The topological polar surface area (TPSA) is 77.2 Å². The van der Waals surface area contributed by atoms with Gasteiger partial charge in [0.25, 0.3) is 0 Å². The summed E-state index contributed by atoms with van der Waals surface area (Å²) in [5.41, 5.74) is 6.25. The molecule has 2 aromatic rings. The molecule has 1 N–H and O–H groups in total. The van der Waals surface area contributed by atoms with E-state index in [1.165, 1.54) is 4.90 Å². The Morgan fingerprint density at radius 3 is 2.23 bits per heavy atom. The molecule has 166 valence electrons. The van der Waals surface area contributed by atoms with Gasteiger partial charge in [-0.2, -0.15) is 5.26 Å². The van der Waals surface area contributed by atoms with E-state index in [2.05, 4.69) is 51.1 Å². The van der Waals surface area contributed by atoms with E-state index in [1.807, 2.05) is 27.7 Å². The van der Waals surface area contributed by atoms with Gasteiger partial charge in [-0.25, -0.2) is 4.79 Å². The van der Waals surface area contributed by atoms with Gasteiger partial charge in [-0.05, 0) is 63.1 Å². The van der Waals surface area contributed by atoms with Gasteiger partial charge < -0.3 is 5.11 Å². The molecule has 0 unspecified atom stereocenters. The zero-order valence-electron chi connectivity index (χ0n) is 19.9. The van der Waals surface area contributed by atoms with Gasteiger partial charge in [0.05, 0.1) is 19.0 Å². The molecule has 1 aromatic heterocycles. The molecule has 1 aromatic carbocycles. The highest BCUT2D eigenvalue weighted by atomic mass is 16.4. The number of nitriles is 1. The smallest absolute Gasteiger partial charge is 0.408 e. The van der Waals surface area contributed by atoms with Crippen molar-refractivity contribution in [3.8, 4) is 17.2 Å². The first-order valence-electron chi connectivity index (χ1n) is 11.0. The first-order valence-corrected chi connectivity index (χ1v) is 11.0. The van der Waals surface area contributed by atoms with Gasteiger partial charge in [0.2, 0.25) is 0 Å². The highest BCUT2D eigenvalue weighted by molar-refractivity contribution is 5.75. The second-order valence-corrected chi connectivity index (χ2v) is 9.53. The molecule has 0 saturated heterocycles. The minimum atomic E-state index is -0.959. The third kappa shape index (κ3) is 5.85. The van der Waals surface area contributed by atoms with Gasteiger partial charge in [0, 0.05) is 22.5 Å². The summed E-state index contributed by atoms with van der Waals surface area (Å²) in [5.74, 6) is 0.372. The van der Waals surface area contributed by atoms with Gasteiger partial charge in [0.1, 0.15) is 0 Å². The fourth-order valence-electron chi connectivity index (χ4n) is 3.87. The van der Waals surface area contributed by atoms with Crippen molar-refractivity contribution in [1.29, 1.82) is 5.26 Å². The molecule has 0 saturated carbocycles. The third-order valence-corrected chi connectivity index (χ3v) is 5.46. The average Bonchev–Trinajstić information content (AvgIpc) is 2.66. The van der Waals surface area contributed by atoms with Crippen LogP contribution in [0.5, 0.6) is 0 Å². The van der Waals surface area contributed by atoms with E-state index in [0.29, 0.717) is 5.92 Å². The molecule has 0 aliphatic heterocycles. The first kappa shape index (κ1) is 24.4. The lowest BCUT2D eigenvalue weighted by Crippen LogP contribution is -2.44. The molecular formula is C26H35N3O2. The van der Waals surface area contributed by atoms with Crippen LogP contribution in [0.25, 0.3) is 11.1 Å². The Bertz CT molecular complexity index is 964. The Labute approximate surface area is 186 Å². The van der Waals surface area contributed by atoms with Gasteiger partial charge in [-0.1, -0.05) is 50.6 Å². The molecule has 31 heavy (non-hydrogen) atoms. The average molecular weight is 422 g/mol. The van der Waals surface area contributed by atoms with Crippen molar-refractivity contribution in [3.05, 3.63) is 52.3 Å². The summed E-state index contributed by atoms with van der Waals surface area (Å²) in [7, 11) is 0. The quantitative estimate of drug-likeness (QED) is 0.580. The van der Waals surface area contributed by atoms with E-state index in [1.54, 1.807) is 0 Å². The number of pyridine rings is 1. The fourth-order valence-corrected chi connectivity index (χ4v) is 3.87. The maximum Gasteiger partial charge on any atom is 0.408 e. The minimum Gasteiger partial charge on any atom is -0.465 e. The summed E-state index contributed by atoms with van der Waals surface area (Å²) < 4.78 is 0. The van der Waals surface area contributed by atoms with Crippen LogP contribution in [0.15, 0.2) is 24.3 Å². The number of rotatable bonds is 7. The van der Waals surface area contributed by atoms with E-state index in [0.717, 1.165) is 52.0 Å². The van der Waals surface area contributed by atoms with Crippen molar-refractivity contribution >= 4 is 6.09 Å². The van der Waals surface area contributed by atoms with E-state index in [9.17, 15) is 15.2 Å². The van der Waals surface area contributed by atoms with Gasteiger partial charge in [-0.3, -0.25) is 9.88 Å². The number of carboxylic acid groups (broad SMARTS) is 1. The Morgan fingerprint density at radius 1 is 1.16 bits per heavy atom. The van der Waals surface area contributed by atoms with Crippen LogP contribution in [0.2, 0.25) is 0 Å². The maximum absolute atomic E-state index is 12.2. The second kappa shape index (κ2) is 9.96. The molecular weight excluding hydrogens is 386 g/mol. The van der Waals surface area contributed by atoms with E-state index < -0.39 is 11.6 Å². The lowest BCUT2D eigenvalue weighted by Gasteiger charge is -2.35. The number of nitrogens with zero attached hydrogens (tertiary/aromatic N) is 3. The van der Waals surface area contributed by atoms with E-state index >= 15 is 0 Å². The summed E-state index contributed by atoms with van der Waals surface area (Å²) in [5, 5.41) is 19.5. The number of benzene rings is 1. The van der Waals surface area contributed by atoms with Crippen molar-refractivity contribution in [2.75, 3.05) is 0 Å². The summed E-state index contributed by atoms with van der Waals surface area (Å²) in [4.78, 5) is 18.6. The highest BCUT2D eigenvalue weighted by Gasteiger charge is 2.30. The zero-order chi connectivity index (χ0) is 23.3. The van der Waals surface area contributed by atoms with Crippen LogP contribution >= 0.6 is 0 Å². The molecule has 2 rings (SSSR count). The molecule has 5 heteroatoms. The molecule has 0 spiro atoms. The maximum atomic E-state index is 12.2. The molecule has 0 fully saturated rings. The summed E-state index contributed by atoms with van der Waals surface area (Å²) in [6.07, 6.45) is 0.769. The monoisotopic (exact) mass is 421 g/mol. The number of hydrogen-bond acceptors (Lipinski definition) is 3. The summed E-state index contributed by atoms with van der Waals surface area (Å²) in [6, 6.07) is 10.6. The predicted molar refractivity (Wildman–Crippen MR) is 125 cm³/mol. The lowest BCUT2D eigenvalue weighted by atomic mass is 9.87. The van der Waals surface area contributed by atoms with E-state index in [-0.39, 0.29) is 13.0 Å². The van der Waals surface area contributed by atoms with Crippen molar-refractivity contribution in [2.45, 2.75) is 79.8 Å². The molecule has 1 amide bonds. The molecule has 0 radical (unpaired) electrons. The van der Waals surface area contributed by atoms with Gasteiger partial charge in [0.15, 0.2) is 0 Å². The molecule has 0 aliphatic rings. The van der Waals surface area contributed by atoms with Crippen molar-refractivity contribution < 1.29 is 9.90 Å². The van der Waals surface area contributed by atoms with E-state index in [4.69, 9.17) is 4.98 Å². The van der Waals surface area contributed by atoms with Crippen molar-refractivity contribution in [2.24, 2.45) is 5.92 Å². The third-order valence-electron chi connectivity index (χ3n) is 5.46. The molecule has 1 heterocycles. The van der Waals surface area contributed by atoms with Crippen molar-refractivity contribution in [3.63, 3.8) is 0 Å².